The summed E-state index contributed by atoms with van der Waals surface area (Å²) >= 11 is 0. The van der Waals surface area contributed by atoms with E-state index in [2.05, 4.69) is 18.8 Å². The Morgan fingerprint density at radius 1 is 1.15 bits per heavy atom. The Balaban J connectivity index is 1.60. The van der Waals surface area contributed by atoms with Crippen LogP contribution in [0.5, 0.6) is 5.75 Å². The standard InChI is InChI=1S/C23H30N2O2/c1-3-5-6-7-8-22(26)27-20-12-10-18(11-13-20)23-24-16-19-15-17(4-2)9-14-21(19)25-23/h10-13,16-17H,3-9,14-15H2,1-2H3. The molecule has 27 heavy (non-hydrogen) atoms. The van der Waals surface area contributed by atoms with Gasteiger partial charge in [-0.1, -0.05) is 39.5 Å². The van der Waals surface area contributed by atoms with E-state index >= 15 is 0 Å². The van der Waals surface area contributed by atoms with Crippen molar-refractivity contribution in [3.8, 4) is 17.1 Å². The Morgan fingerprint density at radius 3 is 2.70 bits per heavy atom. The Labute approximate surface area is 162 Å². The maximum absolute atomic E-state index is 11.9. The first kappa shape index (κ1) is 19.5. The van der Waals surface area contributed by atoms with E-state index in [0.717, 1.165) is 43.0 Å². The molecule has 0 bridgehead atoms. The molecule has 1 aliphatic carbocycles. The topological polar surface area (TPSA) is 52.1 Å². The van der Waals surface area contributed by atoms with Crippen LogP contribution in [0.15, 0.2) is 30.5 Å². The molecular weight excluding hydrogens is 336 g/mol. The molecule has 1 aromatic carbocycles. The number of aryl methyl sites for hydroxylation is 1. The third kappa shape index (κ3) is 5.38. The summed E-state index contributed by atoms with van der Waals surface area (Å²) in [6.45, 7) is 4.42. The Hall–Kier alpha value is -2.23. The highest BCUT2D eigenvalue weighted by molar-refractivity contribution is 5.72. The molecule has 0 radical (unpaired) electrons. The van der Waals surface area contributed by atoms with Crippen LogP contribution in [0.4, 0.5) is 0 Å². The zero-order valence-corrected chi connectivity index (χ0v) is 16.5. The molecule has 2 aromatic rings. The first-order valence-corrected chi connectivity index (χ1v) is 10.4. The first-order chi connectivity index (χ1) is 13.2. The second kappa shape index (κ2) is 9.63. The number of rotatable bonds is 8. The van der Waals surface area contributed by atoms with Crippen LogP contribution in [0.3, 0.4) is 0 Å². The number of nitrogens with zero attached hydrogens (tertiary/aromatic N) is 2. The molecule has 1 heterocycles. The van der Waals surface area contributed by atoms with Gasteiger partial charge in [0.25, 0.3) is 0 Å². The number of carbonyl (C=O) groups is 1. The van der Waals surface area contributed by atoms with E-state index in [1.165, 1.54) is 36.9 Å². The van der Waals surface area contributed by atoms with Crippen LogP contribution < -0.4 is 4.74 Å². The van der Waals surface area contributed by atoms with E-state index < -0.39 is 0 Å². The average Bonchev–Trinajstić information content (AvgIpc) is 2.71. The van der Waals surface area contributed by atoms with Gasteiger partial charge in [-0.2, -0.15) is 0 Å². The lowest BCUT2D eigenvalue weighted by atomic mass is 9.86. The third-order valence-corrected chi connectivity index (χ3v) is 5.41. The van der Waals surface area contributed by atoms with Gasteiger partial charge in [-0.05, 0) is 61.4 Å². The third-order valence-electron chi connectivity index (χ3n) is 5.41. The number of hydrogen-bond acceptors (Lipinski definition) is 4. The van der Waals surface area contributed by atoms with Crippen LogP contribution >= 0.6 is 0 Å². The largest absolute Gasteiger partial charge is 0.427 e. The van der Waals surface area contributed by atoms with Crippen molar-refractivity contribution in [1.82, 2.24) is 9.97 Å². The molecule has 1 atom stereocenters. The molecule has 1 aliphatic rings. The number of hydrogen-bond donors (Lipinski definition) is 0. The molecule has 0 saturated carbocycles. The molecular formula is C23H30N2O2. The second-order valence-corrected chi connectivity index (χ2v) is 7.49. The predicted octanol–water partition coefficient (Wildman–Crippen LogP) is 5.53. The molecule has 4 nitrogen and oxygen atoms in total. The molecule has 0 aliphatic heterocycles. The molecule has 0 spiro atoms. The number of ether oxygens (including phenoxy) is 1. The Bertz CT molecular complexity index is 755. The van der Waals surface area contributed by atoms with Crippen molar-refractivity contribution in [2.45, 2.75) is 71.6 Å². The van der Waals surface area contributed by atoms with Gasteiger partial charge in [0.1, 0.15) is 5.75 Å². The fourth-order valence-electron chi connectivity index (χ4n) is 3.62. The minimum absolute atomic E-state index is 0.158. The van der Waals surface area contributed by atoms with E-state index in [-0.39, 0.29) is 5.97 Å². The van der Waals surface area contributed by atoms with E-state index in [1.807, 2.05) is 30.5 Å². The molecule has 144 valence electrons. The monoisotopic (exact) mass is 366 g/mol. The van der Waals surface area contributed by atoms with Crippen LogP contribution in [-0.4, -0.2) is 15.9 Å². The maximum Gasteiger partial charge on any atom is 0.311 e. The molecule has 1 aromatic heterocycles. The fraction of sp³-hybridized carbons (Fsp3) is 0.522. The lowest BCUT2D eigenvalue weighted by molar-refractivity contribution is -0.134. The lowest BCUT2D eigenvalue weighted by Crippen LogP contribution is -2.15. The smallest absolute Gasteiger partial charge is 0.311 e. The first-order valence-electron chi connectivity index (χ1n) is 10.4. The van der Waals surface area contributed by atoms with Gasteiger partial charge in [0, 0.05) is 23.9 Å². The number of benzene rings is 1. The zero-order valence-electron chi connectivity index (χ0n) is 16.5. The lowest BCUT2D eigenvalue weighted by Gasteiger charge is -2.22. The van der Waals surface area contributed by atoms with Gasteiger partial charge in [0.2, 0.25) is 0 Å². The zero-order chi connectivity index (χ0) is 19.1. The van der Waals surface area contributed by atoms with Gasteiger partial charge in [-0.25, -0.2) is 9.97 Å². The van der Waals surface area contributed by atoms with Crippen molar-refractivity contribution >= 4 is 5.97 Å². The average molecular weight is 367 g/mol. The van der Waals surface area contributed by atoms with E-state index in [1.54, 1.807) is 0 Å². The van der Waals surface area contributed by atoms with Gasteiger partial charge in [0.05, 0.1) is 0 Å². The predicted molar refractivity (Wildman–Crippen MR) is 108 cm³/mol. The van der Waals surface area contributed by atoms with Crippen LogP contribution in [-0.2, 0) is 17.6 Å². The van der Waals surface area contributed by atoms with Gasteiger partial charge >= 0.3 is 5.97 Å². The molecule has 0 N–H and O–H groups in total. The van der Waals surface area contributed by atoms with Crippen molar-refractivity contribution in [1.29, 1.82) is 0 Å². The highest BCUT2D eigenvalue weighted by atomic mass is 16.5. The van der Waals surface area contributed by atoms with E-state index in [4.69, 9.17) is 9.72 Å². The molecule has 3 rings (SSSR count). The van der Waals surface area contributed by atoms with Crippen molar-refractivity contribution in [3.05, 3.63) is 41.7 Å². The fourth-order valence-corrected chi connectivity index (χ4v) is 3.62. The van der Waals surface area contributed by atoms with Crippen molar-refractivity contribution in [2.24, 2.45) is 5.92 Å². The second-order valence-electron chi connectivity index (χ2n) is 7.49. The number of aromatic nitrogens is 2. The maximum atomic E-state index is 11.9. The molecule has 1 unspecified atom stereocenters. The number of esters is 1. The summed E-state index contributed by atoms with van der Waals surface area (Å²) in [5, 5.41) is 0. The van der Waals surface area contributed by atoms with Crippen LogP contribution in [0.1, 0.15) is 70.1 Å². The summed E-state index contributed by atoms with van der Waals surface area (Å²) in [5.74, 6) is 1.95. The molecule has 0 saturated heterocycles. The normalized spacial score (nSPS) is 16.0. The van der Waals surface area contributed by atoms with Crippen LogP contribution in [0.25, 0.3) is 11.4 Å². The minimum Gasteiger partial charge on any atom is -0.427 e. The quantitative estimate of drug-likeness (QED) is 0.350. The number of fused-ring (bicyclic) bond motifs is 1. The van der Waals surface area contributed by atoms with E-state index in [0.29, 0.717) is 12.2 Å². The van der Waals surface area contributed by atoms with E-state index in [9.17, 15) is 4.79 Å². The summed E-state index contributed by atoms with van der Waals surface area (Å²) < 4.78 is 5.42. The highest BCUT2D eigenvalue weighted by Crippen LogP contribution is 2.28. The summed E-state index contributed by atoms with van der Waals surface area (Å²) in [6, 6.07) is 7.52. The number of unbranched alkanes of at least 4 members (excludes halogenated alkanes) is 3. The van der Waals surface area contributed by atoms with Gasteiger partial charge < -0.3 is 4.74 Å². The van der Waals surface area contributed by atoms with Crippen molar-refractivity contribution < 1.29 is 9.53 Å². The van der Waals surface area contributed by atoms with Crippen LogP contribution in [0.2, 0.25) is 0 Å². The minimum atomic E-state index is -0.158. The summed E-state index contributed by atoms with van der Waals surface area (Å²) in [4.78, 5) is 21.2. The molecule has 0 amide bonds. The van der Waals surface area contributed by atoms with Crippen molar-refractivity contribution in [2.75, 3.05) is 0 Å². The number of carbonyl (C=O) groups excluding carboxylic acids is 1. The van der Waals surface area contributed by atoms with Gasteiger partial charge in [-0.15, -0.1) is 0 Å². The highest BCUT2D eigenvalue weighted by Gasteiger charge is 2.19. The van der Waals surface area contributed by atoms with Gasteiger partial charge in [-0.3, -0.25) is 4.79 Å². The summed E-state index contributed by atoms with van der Waals surface area (Å²) in [7, 11) is 0. The summed E-state index contributed by atoms with van der Waals surface area (Å²) in [6.07, 6.45) is 11.4. The van der Waals surface area contributed by atoms with Gasteiger partial charge in [0.15, 0.2) is 5.82 Å². The molecule has 4 heteroatoms. The Kier molecular flexibility index (Phi) is 6.97. The van der Waals surface area contributed by atoms with Crippen molar-refractivity contribution in [3.63, 3.8) is 0 Å². The molecule has 0 fully saturated rings. The SMILES string of the molecule is CCCCCCC(=O)Oc1ccc(-c2ncc3c(n2)CCC(CC)C3)cc1. The Morgan fingerprint density at radius 2 is 1.96 bits per heavy atom. The van der Waals surface area contributed by atoms with Crippen LogP contribution in [0, 0.1) is 5.92 Å². The summed E-state index contributed by atoms with van der Waals surface area (Å²) in [5.41, 5.74) is 3.44.